The molecule has 0 unspecified atom stereocenters. The molecule has 0 spiro atoms. The largest absolute Gasteiger partial charge is 0.497 e. The molecule has 2 amide bonds. The smallest absolute Gasteiger partial charge is 0.238 e. The van der Waals surface area contributed by atoms with Gasteiger partial charge in [-0.2, -0.15) is 0 Å². The SMILES string of the molecule is CCN(C(=O)CN(C)CC(=O)Nc1ccc(OC)cc1)C1CCCCC1. The molecule has 2 rings (SSSR count). The van der Waals surface area contributed by atoms with Crippen LogP contribution in [0.2, 0.25) is 0 Å². The summed E-state index contributed by atoms with van der Waals surface area (Å²) in [6.07, 6.45) is 5.87. The summed E-state index contributed by atoms with van der Waals surface area (Å²) in [5.41, 5.74) is 0.716. The van der Waals surface area contributed by atoms with E-state index in [1.54, 1.807) is 43.3 Å². The highest BCUT2D eigenvalue weighted by Gasteiger charge is 2.25. The van der Waals surface area contributed by atoms with Crippen molar-refractivity contribution >= 4 is 17.5 Å². The first-order chi connectivity index (χ1) is 12.5. The summed E-state index contributed by atoms with van der Waals surface area (Å²) in [5, 5.41) is 2.84. The molecule has 1 fully saturated rings. The Hall–Kier alpha value is -2.08. The van der Waals surface area contributed by atoms with Gasteiger partial charge in [-0.15, -0.1) is 0 Å². The molecule has 26 heavy (non-hydrogen) atoms. The van der Waals surface area contributed by atoms with Gasteiger partial charge < -0.3 is 15.0 Å². The molecule has 1 N–H and O–H groups in total. The summed E-state index contributed by atoms with van der Waals surface area (Å²) in [5.74, 6) is 0.721. The molecule has 1 aromatic carbocycles. The Morgan fingerprint density at radius 1 is 1.12 bits per heavy atom. The van der Waals surface area contributed by atoms with E-state index in [2.05, 4.69) is 5.32 Å². The summed E-state index contributed by atoms with van der Waals surface area (Å²) in [6, 6.07) is 7.55. The van der Waals surface area contributed by atoms with Crippen molar-refractivity contribution in [3.63, 3.8) is 0 Å². The van der Waals surface area contributed by atoms with Crippen molar-refractivity contribution in [2.24, 2.45) is 0 Å². The molecule has 0 bridgehead atoms. The van der Waals surface area contributed by atoms with E-state index in [0.717, 1.165) is 25.1 Å². The molecule has 1 aliphatic carbocycles. The van der Waals surface area contributed by atoms with E-state index in [4.69, 9.17) is 4.74 Å². The summed E-state index contributed by atoms with van der Waals surface area (Å²) in [6.45, 7) is 3.21. The van der Waals surface area contributed by atoms with Crippen LogP contribution >= 0.6 is 0 Å². The van der Waals surface area contributed by atoms with Crippen molar-refractivity contribution in [1.82, 2.24) is 9.80 Å². The lowest BCUT2D eigenvalue weighted by Crippen LogP contribution is -2.46. The van der Waals surface area contributed by atoms with Gasteiger partial charge in [-0.3, -0.25) is 14.5 Å². The number of likely N-dealkylation sites (N-methyl/N-ethyl adjacent to an activating group) is 2. The molecule has 0 heterocycles. The van der Waals surface area contributed by atoms with Crippen LogP contribution in [-0.2, 0) is 9.59 Å². The summed E-state index contributed by atoms with van der Waals surface area (Å²) in [4.78, 5) is 28.6. The number of anilines is 1. The Labute approximate surface area is 156 Å². The number of rotatable bonds is 8. The minimum Gasteiger partial charge on any atom is -0.497 e. The third kappa shape index (κ3) is 6.02. The van der Waals surface area contributed by atoms with E-state index in [0.29, 0.717) is 11.7 Å². The number of nitrogens with one attached hydrogen (secondary N) is 1. The maximum Gasteiger partial charge on any atom is 0.238 e. The Balaban J connectivity index is 1.80. The van der Waals surface area contributed by atoms with Gasteiger partial charge in [0.15, 0.2) is 0 Å². The number of benzene rings is 1. The van der Waals surface area contributed by atoms with Gasteiger partial charge in [0, 0.05) is 18.3 Å². The lowest BCUT2D eigenvalue weighted by Gasteiger charge is -2.34. The fraction of sp³-hybridized carbons (Fsp3) is 0.600. The minimum absolute atomic E-state index is 0.110. The van der Waals surface area contributed by atoms with Crippen LogP contribution in [0.25, 0.3) is 0 Å². The molecule has 6 heteroatoms. The molecule has 0 aromatic heterocycles. The van der Waals surface area contributed by atoms with E-state index >= 15 is 0 Å². The number of methoxy groups -OCH3 is 1. The first kappa shape index (κ1) is 20.2. The lowest BCUT2D eigenvalue weighted by molar-refractivity contribution is -0.135. The predicted octanol–water partition coefficient (Wildman–Crippen LogP) is 2.75. The van der Waals surface area contributed by atoms with Gasteiger partial charge in [-0.05, 0) is 51.1 Å². The number of ether oxygens (including phenoxy) is 1. The average molecular weight is 361 g/mol. The third-order valence-corrected chi connectivity index (χ3v) is 4.87. The van der Waals surface area contributed by atoms with Gasteiger partial charge in [0.2, 0.25) is 11.8 Å². The quantitative estimate of drug-likeness (QED) is 0.773. The molecule has 0 radical (unpaired) electrons. The molecule has 0 atom stereocenters. The maximum absolute atomic E-state index is 12.6. The Morgan fingerprint density at radius 3 is 2.35 bits per heavy atom. The van der Waals surface area contributed by atoms with Gasteiger partial charge in [0.1, 0.15) is 5.75 Å². The van der Waals surface area contributed by atoms with Gasteiger partial charge in [-0.1, -0.05) is 19.3 Å². The van der Waals surface area contributed by atoms with E-state index in [1.807, 2.05) is 11.8 Å². The first-order valence-corrected chi connectivity index (χ1v) is 9.45. The van der Waals surface area contributed by atoms with E-state index < -0.39 is 0 Å². The number of amides is 2. The van der Waals surface area contributed by atoms with Crippen molar-refractivity contribution in [3.8, 4) is 5.75 Å². The highest BCUT2D eigenvalue weighted by atomic mass is 16.5. The van der Waals surface area contributed by atoms with Crippen LogP contribution in [0.15, 0.2) is 24.3 Å². The standard InChI is InChI=1S/C20H31N3O3/c1-4-23(17-8-6-5-7-9-17)20(25)15-22(2)14-19(24)21-16-10-12-18(26-3)13-11-16/h10-13,17H,4-9,14-15H2,1-3H3,(H,21,24). The number of carbonyl (C=O) groups is 2. The van der Waals surface area contributed by atoms with Crippen LogP contribution in [0.3, 0.4) is 0 Å². The van der Waals surface area contributed by atoms with Gasteiger partial charge in [0.05, 0.1) is 20.2 Å². The first-order valence-electron chi connectivity index (χ1n) is 9.45. The number of nitrogens with zero attached hydrogens (tertiary/aromatic N) is 2. The molecule has 0 saturated heterocycles. The fourth-order valence-electron chi connectivity index (χ4n) is 3.53. The molecule has 1 aliphatic rings. The average Bonchev–Trinajstić information content (AvgIpc) is 2.63. The zero-order valence-electron chi connectivity index (χ0n) is 16.2. The Bertz CT molecular complexity index is 582. The predicted molar refractivity (Wildman–Crippen MR) is 103 cm³/mol. The second kappa shape index (κ2) is 10.2. The van der Waals surface area contributed by atoms with Crippen LogP contribution in [0.5, 0.6) is 5.75 Å². The van der Waals surface area contributed by atoms with Gasteiger partial charge in [0.25, 0.3) is 0 Å². The molecule has 6 nitrogen and oxygen atoms in total. The van der Waals surface area contributed by atoms with Crippen LogP contribution in [0.1, 0.15) is 39.0 Å². The summed E-state index contributed by atoms with van der Waals surface area (Å²) < 4.78 is 5.10. The van der Waals surface area contributed by atoms with Crippen molar-refractivity contribution < 1.29 is 14.3 Å². The summed E-state index contributed by atoms with van der Waals surface area (Å²) in [7, 11) is 3.41. The molecular formula is C20H31N3O3. The Kier molecular flexibility index (Phi) is 7.91. The summed E-state index contributed by atoms with van der Waals surface area (Å²) >= 11 is 0. The second-order valence-corrected chi connectivity index (χ2v) is 6.92. The van der Waals surface area contributed by atoms with Gasteiger partial charge >= 0.3 is 0 Å². The molecule has 1 saturated carbocycles. The van der Waals surface area contributed by atoms with E-state index in [9.17, 15) is 9.59 Å². The van der Waals surface area contributed by atoms with Crippen molar-refractivity contribution in [3.05, 3.63) is 24.3 Å². The minimum atomic E-state index is -0.133. The zero-order valence-corrected chi connectivity index (χ0v) is 16.2. The number of hydrogen-bond acceptors (Lipinski definition) is 4. The Morgan fingerprint density at radius 2 is 1.77 bits per heavy atom. The third-order valence-electron chi connectivity index (χ3n) is 4.87. The highest BCUT2D eigenvalue weighted by molar-refractivity contribution is 5.92. The molecule has 0 aliphatic heterocycles. The van der Waals surface area contributed by atoms with E-state index in [1.165, 1.54) is 19.3 Å². The molecule has 1 aromatic rings. The topological polar surface area (TPSA) is 61.9 Å². The number of hydrogen-bond donors (Lipinski definition) is 1. The van der Waals surface area contributed by atoms with Crippen molar-refractivity contribution in [2.45, 2.75) is 45.1 Å². The monoisotopic (exact) mass is 361 g/mol. The fourth-order valence-corrected chi connectivity index (χ4v) is 3.53. The maximum atomic E-state index is 12.6. The van der Waals surface area contributed by atoms with Crippen LogP contribution in [0, 0.1) is 0 Å². The van der Waals surface area contributed by atoms with Crippen molar-refractivity contribution in [1.29, 1.82) is 0 Å². The van der Waals surface area contributed by atoms with Crippen LogP contribution < -0.4 is 10.1 Å². The second-order valence-electron chi connectivity index (χ2n) is 6.92. The lowest BCUT2D eigenvalue weighted by atomic mass is 9.94. The van der Waals surface area contributed by atoms with Crippen molar-refractivity contribution in [2.75, 3.05) is 39.1 Å². The van der Waals surface area contributed by atoms with Crippen LogP contribution in [-0.4, -0.2) is 61.4 Å². The molecular weight excluding hydrogens is 330 g/mol. The van der Waals surface area contributed by atoms with Gasteiger partial charge in [-0.25, -0.2) is 0 Å². The molecule has 144 valence electrons. The zero-order chi connectivity index (χ0) is 18.9. The highest BCUT2D eigenvalue weighted by Crippen LogP contribution is 2.22. The van der Waals surface area contributed by atoms with E-state index in [-0.39, 0.29) is 24.9 Å². The van der Waals surface area contributed by atoms with Crippen LogP contribution in [0.4, 0.5) is 5.69 Å². The number of carbonyl (C=O) groups excluding carboxylic acids is 2. The normalized spacial score (nSPS) is 14.9.